The molecule has 1 aliphatic heterocycles. The number of amides is 1. The number of likely N-dealkylation sites (N-methyl/N-ethyl adjacent to an activating group) is 1. The van der Waals surface area contributed by atoms with Crippen LogP contribution < -0.4 is 5.32 Å². The van der Waals surface area contributed by atoms with Gasteiger partial charge >= 0.3 is 0 Å². The van der Waals surface area contributed by atoms with Gasteiger partial charge in [0.1, 0.15) is 0 Å². The van der Waals surface area contributed by atoms with Crippen molar-refractivity contribution in [1.29, 1.82) is 0 Å². The maximum atomic E-state index is 11.9. The lowest BCUT2D eigenvalue weighted by Crippen LogP contribution is -2.27. The SMILES string of the molecule is CN1CCNC(c2ccc(C(C)(C)C)cc2)CC1=O. The van der Waals surface area contributed by atoms with E-state index in [2.05, 4.69) is 50.4 Å². The molecule has 0 bridgehead atoms. The third kappa shape index (κ3) is 3.35. The monoisotopic (exact) mass is 260 g/mol. The Morgan fingerprint density at radius 2 is 1.84 bits per heavy atom. The Morgan fingerprint density at radius 1 is 1.21 bits per heavy atom. The molecule has 1 aromatic rings. The maximum absolute atomic E-state index is 11.9. The highest BCUT2D eigenvalue weighted by molar-refractivity contribution is 5.77. The second-order valence-electron chi connectivity index (χ2n) is 6.40. The van der Waals surface area contributed by atoms with Gasteiger partial charge < -0.3 is 10.2 Å². The van der Waals surface area contributed by atoms with Gasteiger partial charge in [-0.05, 0) is 16.5 Å². The molecule has 1 fully saturated rings. The predicted octanol–water partition coefficient (Wildman–Crippen LogP) is 2.48. The number of hydrogen-bond acceptors (Lipinski definition) is 2. The summed E-state index contributed by atoms with van der Waals surface area (Å²) in [7, 11) is 1.87. The molecule has 1 unspecified atom stereocenters. The van der Waals surface area contributed by atoms with Gasteiger partial charge in [-0.25, -0.2) is 0 Å². The van der Waals surface area contributed by atoms with E-state index in [0.717, 1.165) is 13.1 Å². The number of carbonyl (C=O) groups excluding carboxylic acids is 1. The number of rotatable bonds is 1. The van der Waals surface area contributed by atoms with Crippen molar-refractivity contribution in [2.45, 2.75) is 38.6 Å². The van der Waals surface area contributed by atoms with E-state index >= 15 is 0 Å². The molecule has 1 aliphatic rings. The fourth-order valence-corrected chi connectivity index (χ4v) is 2.38. The van der Waals surface area contributed by atoms with Crippen molar-refractivity contribution in [3.8, 4) is 0 Å². The summed E-state index contributed by atoms with van der Waals surface area (Å²) in [6.45, 7) is 8.28. The third-order valence-electron chi connectivity index (χ3n) is 3.82. The molecule has 0 aliphatic carbocycles. The van der Waals surface area contributed by atoms with Crippen LogP contribution in [0.4, 0.5) is 0 Å². The molecule has 1 aromatic carbocycles. The van der Waals surface area contributed by atoms with Crippen LogP contribution in [0.3, 0.4) is 0 Å². The van der Waals surface area contributed by atoms with E-state index < -0.39 is 0 Å². The summed E-state index contributed by atoms with van der Waals surface area (Å²) in [5, 5.41) is 3.45. The Kier molecular flexibility index (Phi) is 3.95. The molecule has 1 amide bonds. The van der Waals surface area contributed by atoms with Crippen LogP contribution in [-0.2, 0) is 10.2 Å². The minimum absolute atomic E-state index is 0.145. The molecule has 19 heavy (non-hydrogen) atoms. The molecule has 0 saturated carbocycles. The van der Waals surface area contributed by atoms with Crippen molar-refractivity contribution in [3.05, 3.63) is 35.4 Å². The molecular weight excluding hydrogens is 236 g/mol. The van der Waals surface area contributed by atoms with Crippen molar-refractivity contribution in [2.24, 2.45) is 0 Å². The van der Waals surface area contributed by atoms with Gasteiger partial charge in [-0.3, -0.25) is 4.79 Å². The van der Waals surface area contributed by atoms with Crippen LogP contribution >= 0.6 is 0 Å². The van der Waals surface area contributed by atoms with Crippen molar-refractivity contribution in [2.75, 3.05) is 20.1 Å². The lowest BCUT2D eigenvalue weighted by molar-refractivity contribution is -0.129. The van der Waals surface area contributed by atoms with Crippen molar-refractivity contribution >= 4 is 5.91 Å². The van der Waals surface area contributed by atoms with Gasteiger partial charge in [-0.2, -0.15) is 0 Å². The summed E-state index contributed by atoms with van der Waals surface area (Å²) in [5.41, 5.74) is 2.70. The van der Waals surface area contributed by atoms with Crippen molar-refractivity contribution < 1.29 is 4.79 Å². The van der Waals surface area contributed by atoms with E-state index in [1.165, 1.54) is 11.1 Å². The molecule has 0 spiro atoms. The number of hydrogen-bond donors (Lipinski definition) is 1. The maximum Gasteiger partial charge on any atom is 0.224 e. The van der Waals surface area contributed by atoms with E-state index in [4.69, 9.17) is 0 Å². The van der Waals surface area contributed by atoms with Gasteiger partial charge in [-0.15, -0.1) is 0 Å². The Bertz CT molecular complexity index is 445. The van der Waals surface area contributed by atoms with Crippen molar-refractivity contribution in [1.82, 2.24) is 10.2 Å². The smallest absolute Gasteiger partial charge is 0.224 e. The van der Waals surface area contributed by atoms with Crippen LogP contribution in [0.15, 0.2) is 24.3 Å². The highest BCUT2D eigenvalue weighted by Gasteiger charge is 2.22. The molecule has 2 rings (SSSR count). The molecule has 3 nitrogen and oxygen atoms in total. The van der Waals surface area contributed by atoms with Gasteiger partial charge in [-0.1, -0.05) is 45.0 Å². The van der Waals surface area contributed by atoms with Crippen LogP contribution in [0.1, 0.15) is 44.4 Å². The van der Waals surface area contributed by atoms with Crippen LogP contribution in [0.5, 0.6) is 0 Å². The largest absolute Gasteiger partial charge is 0.344 e. The van der Waals surface area contributed by atoms with Gasteiger partial charge in [0, 0.05) is 32.6 Å². The summed E-state index contributed by atoms with van der Waals surface area (Å²) in [6.07, 6.45) is 0.547. The normalized spacial score (nSPS) is 21.4. The second-order valence-corrected chi connectivity index (χ2v) is 6.40. The van der Waals surface area contributed by atoms with E-state index in [1.54, 1.807) is 4.90 Å². The molecule has 1 saturated heterocycles. The number of nitrogens with zero attached hydrogens (tertiary/aromatic N) is 1. The zero-order chi connectivity index (χ0) is 14.0. The first-order chi connectivity index (χ1) is 8.88. The molecule has 1 heterocycles. The average molecular weight is 260 g/mol. The van der Waals surface area contributed by atoms with Gasteiger partial charge in [0.25, 0.3) is 0 Å². The van der Waals surface area contributed by atoms with Gasteiger partial charge in [0.2, 0.25) is 5.91 Å². The zero-order valence-electron chi connectivity index (χ0n) is 12.4. The molecular formula is C16H24N2O. The van der Waals surface area contributed by atoms with Crippen LogP contribution in [0.25, 0.3) is 0 Å². The second kappa shape index (κ2) is 5.33. The van der Waals surface area contributed by atoms with E-state index in [-0.39, 0.29) is 17.4 Å². The lowest BCUT2D eigenvalue weighted by atomic mass is 9.86. The van der Waals surface area contributed by atoms with Crippen LogP contribution in [0, 0.1) is 0 Å². The van der Waals surface area contributed by atoms with Gasteiger partial charge in [0.15, 0.2) is 0 Å². The molecule has 1 atom stereocenters. The Balaban J connectivity index is 2.16. The topological polar surface area (TPSA) is 32.3 Å². The first-order valence-corrected chi connectivity index (χ1v) is 6.96. The third-order valence-corrected chi connectivity index (χ3v) is 3.82. The average Bonchev–Trinajstić information content (AvgIpc) is 2.51. The minimum Gasteiger partial charge on any atom is -0.344 e. The summed E-state index contributed by atoms with van der Waals surface area (Å²) >= 11 is 0. The standard InChI is InChI=1S/C16H24N2O/c1-16(2,3)13-7-5-12(6-8-13)14-11-15(19)18(4)10-9-17-14/h5-8,14,17H,9-11H2,1-4H3. The van der Waals surface area contributed by atoms with Gasteiger partial charge in [0.05, 0.1) is 0 Å². The molecule has 0 aromatic heterocycles. The summed E-state index contributed by atoms with van der Waals surface area (Å²) < 4.78 is 0. The number of carbonyl (C=O) groups is 1. The van der Waals surface area contributed by atoms with Crippen LogP contribution in [0.2, 0.25) is 0 Å². The molecule has 1 N–H and O–H groups in total. The Hall–Kier alpha value is -1.35. The first kappa shape index (κ1) is 14.1. The fourth-order valence-electron chi connectivity index (χ4n) is 2.38. The Labute approximate surface area is 116 Å². The zero-order valence-corrected chi connectivity index (χ0v) is 12.4. The molecule has 3 heteroatoms. The summed E-state index contributed by atoms with van der Waals surface area (Å²) in [4.78, 5) is 13.7. The highest BCUT2D eigenvalue weighted by Crippen LogP contribution is 2.25. The summed E-state index contributed by atoms with van der Waals surface area (Å²) in [5.74, 6) is 0.217. The lowest BCUT2D eigenvalue weighted by Gasteiger charge is -2.21. The molecule has 104 valence electrons. The van der Waals surface area contributed by atoms with E-state index in [9.17, 15) is 4.79 Å². The predicted molar refractivity (Wildman–Crippen MR) is 78.1 cm³/mol. The number of benzene rings is 1. The highest BCUT2D eigenvalue weighted by atomic mass is 16.2. The van der Waals surface area contributed by atoms with E-state index in [0.29, 0.717) is 6.42 Å². The van der Waals surface area contributed by atoms with E-state index in [1.807, 2.05) is 7.05 Å². The molecule has 0 radical (unpaired) electrons. The van der Waals surface area contributed by atoms with Crippen LogP contribution in [-0.4, -0.2) is 30.9 Å². The first-order valence-electron chi connectivity index (χ1n) is 6.96. The quantitative estimate of drug-likeness (QED) is 0.841. The minimum atomic E-state index is 0.145. The van der Waals surface area contributed by atoms with Crippen molar-refractivity contribution in [3.63, 3.8) is 0 Å². The summed E-state index contributed by atoms with van der Waals surface area (Å²) in [6, 6.07) is 8.80. The number of nitrogens with one attached hydrogen (secondary N) is 1. The fraction of sp³-hybridized carbons (Fsp3) is 0.562. The Morgan fingerprint density at radius 3 is 2.42 bits per heavy atom.